The van der Waals surface area contributed by atoms with Crippen LogP contribution in [-0.4, -0.2) is 35.5 Å². The summed E-state index contributed by atoms with van der Waals surface area (Å²) >= 11 is 0. The Morgan fingerprint density at radius 1 is 1.19 bits per heavy atom. The van der Waals surface area contributed by atoms with Gasteiger partial charge in [0.05, 0.1) is 12.5 Å². The minimum Gasteiger partial charge on any atom is -0.466 e. The fourth-order valence-electron chi connectivity index (χ4n) is 5.98. The van der Waals surface area contributed by atoms with E-state index in [1.807, 2.05) is 6.92 Å². The standard InChI is InChI=1S/C17H25NO3/c1-2-21-16(20)14-6-15(19)18(10-14)17-7-11-3-12(8-17)5-13(4-11)9-17/h11-14H,2-10H2,1H3. The van der Waals surface area contributed by atoms with Gasteiger partial charge in [-0.15, -0.1) is 0 Å². The first-order valence-corrected chi connectivity index (χ1v) is 8.57. The molecule has 1 heterocycles. The lowest BCUT2D eigenvalue weighted by Crippen LogP contribution is -2.60. The van der Waals surface area contributed by atoms with E-state index in [0.29, 0.717) is 19.6 Å². The summed E-state index contributed by atoms with van der Waals surface area (Å²) in [5.74, 6) is 2.25. The second-order valence-electron chi connectivity index (χ2n) is 7.80. The summed E-state index contributed by atoms with van der Waals surface area (Å²) in [6, 6.07) is 0. The number of esters is 1. The minimum atomic E-state index is -0.231. The van der Waals surface area contributed by atoms with Crippen molar-refractivity contribution in [3.8, 4) is 0 Å². The van der Waals surface area contributed by atoms with Gasteiger partial charge in [-0.05, 0) is 63.2 Å². The Hall–Kier alpha value is -1.06. The summed E-state index contributed by atoms with van der Waals surface area (Å²) in [5, 5.41) is 0. The van der Waals surface area contributed by atoms with Crippen LogP contribution in [0.5, 0.6) is 0 Å². The van der Waals surface area contributed by atoms with Crippen molar-refractivity contribution in [2.24, 2.45) is 23.7 Å². The van der Waals surface area contributed by atoms with Crippen LogP contribution in [0.2, 0.25) is 0 Å². The second kappa shape index (κ2) is 4.72. The molecule has 1 atom stereocenters. The van der Waals surface area contributed by atoms with Crippen LogP contribution in [0.25, 0.3) is 0 Å². The maximum atomic E-state index is 12.5. The lowest BCUT2D eigenvalue weighted by molar-refractivity contribution is -0.148. The maximum absolute atomic E-state index is 12.5. The van der Waals surface area contributed by atoms with E-state index < -0.39 is 0 Å². The molecule has 4 saturated carbocycles. The van der Waals surface area contributed by atoms with Gasteiger partial charge in [0.25, 0.3) is 0 Å². The zero-order chi connectivity index (χ0) is 14.6. The molecule has 0 aromatic heterocycles. The zero-order valence-corrected chi connectivity index (χ0v) is 12.8. The Kier molecular flexibility index (Phi) is 3.05. The smallest absolute Gasteiger partial charge is 0.311 e. The lowest BCUT2D eigenvalue weighted by atomic mass is 9.52. The molecule has 21 heavy (non-hydrogen) atoms. The first-order chi connectivity index (χ1) is 10.1. The van der Waals surface area contributed by atoms with Crippen LogP contribution < -0.4 is 0 Å². The summed E-state index contributed by atoms with van der Waals surface area (Å²) in [6.07, 6.45) is 8.04. The third-order valence-corrected chi connectivity index (χ3v) is 6.32. The highest BCUT2D eigenvalue weighted by Gasteiger charge is 2.56. The Bertz CT molecular complexity index is 437. The number of carbonyl (C=O) groups is 2. The summed E-state index contributed by atoms with van der Waals surface area (Å²) in [7, 11) is 0. The summed E-state index contributed by atoms with van der Waals surface area (Å²) in [4.78, 5) is 26.6. The van der Waals surface area contributed by atoms with E-state index in [0.717, 1.165) is 17.8 Å². The van der Waals surface area contributed by atoms with E-state index in [-0.39, 0.29) is 23.3 Å². The van der Waals surface area contributed by atoms with Gasteiger partial charge >= 0.3 is 5.97 Å². The van der Waals surface area contributed by atoms with Crippen molar-refractivity contribution in [2.45, 2.75) is 57.4 Å². The van der Waals surface area contributed by atoms with E-state index in [9.17, 15) is 9.59 Å². The van der Waals surface area contributed by atoms with Gasteiger partial charge in [-0.3, -0.25) is 9.59 Å². The van der Waals surface area contributed by atoms with Gasteiger partial charge < -0.3 is 9.64 Å². The number of likely N-dealkylation sites (tertiary alicyclic amines) is 1. The Morgan fingerprint density at radius 2 is 1.76 bits per heavy atom. The third kappa shape index (κ3) is 2.09. The number of hydrogen-bond donors (Lipinski definition) is 0. The fraction of sp³-hybridized carbons (Fsp3) is 0.882. The number of ether oxygens (including phenoxy) is 1. The molecule has 5 aliphatic rings. The van der Waals surface area contributed by atoms with Gasteiger partial charge in [0.15, 0.2) is 0 Å². The zero-order valence-electron chi connectivity index (χ0n) is 12.8. The molecule has 0 aromatic carbocycles. The number of nitrogens with zero attached hydrogens (tertiary/aromatic N) is 1. The Balaban J connectivity index is 1.54. The predicted octanol–water partition coefficient (Wildman–Crippen LogP) is 2.37. The molecule has 5 fully saturated rings. The van der Waals surface area contributed by atoms with E-state index >= 15 is 0 Å². The molecule has 1 amide bonds. The molecule has 0 aromatic rings. The van der Waals surface area contributed by atoms with Gasteiger partial charge in [-0.1, -0.05) is 0 Å². The molecular formula is C17H25NO3. The topological polar surface area (TPSA) is 46.6 Å². The van der Waals surface area contributed by atoms with Crippen molar-refractivity contribution in [1.82, 2.24) is 4.90 Å². The highest BCUT2D eigenvalue weighted by atomic mass is 16.5. The molecule has 116 valence electrons. The minimum absolute atomic E-state index is 0.0904. The van der Waals surface area contributed by atoms with Crippen LogP contribution in [-0.2, 0) is 14.3 Å². The SMILES string of the molecule is CCOC(=O)C1CC(=O)N(C23CC4CC(CC(C4)C2)C3)C1. The largest absolute Gasteiger partial charge is 0.466 e. The molecule has 1 aliphatic heterocycles. The average Bonchev–Trinajstić information content (AvgIpc) is 2.80. The van der Waals surface area contributed by atoms with Crippen molar-refractivity contribution in [3.05, 3.63) is 0 Å². The Morgan fingerprint density at radius 3 is 2.29 bits per heavy atom. The van der Waals surface area contributed by atoms with Crippen LogP contribution in [0.15, 0.2) is 0 Å². The van der Waals surface area contributed by atoms with E-state index in [2.05, 4.69) is 4.90 Å². The number of carbonyl (C=O) groups excluding carboxylic acids is 2. The summed E-state index contributed by atoms with van der Waals surface area (Å²) in [6.45, 7) is 2.83. The van der Waals surface area contributed by atoms with Gasteiger partial charge in [0, 0.05) is 18.5 Å². The van der Waals surface area contributed by atoms with Gasteiger partial charge in [-0.2, -0.15) is 0 Å². The molecule has 1 unspecified atom stereocenters. The summed E-state index contributed by atoms with van der Waals surface area (Å²) < 4.78 is 5.12. The van der Waals surface area contributed by atoms with E-state index in [1.54, 1.807) is 0 Å². The first-order valence-electron chi connectivity index (χ1n) is 8.57. The predicted molar refractivity (Wildman–Crippen MR) is 77.4 cm³/mol. The van der Waals surface area contributed by atoms with Crippen LogP contribution >= 0.6 is 0 Å². The van der Waals surface area contributed by atoms with Gasteiger partial charge in [0.1, 0.15) is 0 Å². The van der Waals surface area contributed by atoms with Gasteiger partial charge in [0.2, 0.25) is 5.91 Å². The monoisotopic (exact) mass is 291 g/mol. The van der Waals surface area contributed by atoms with Crippen LogP contribution in [0.4, 0.5) is 0 Å². The number of rotatable bonds is 3. The van der Waals surface area contributed by atoms with Crippen molar-refractivity contribution in [2.75, 3.05) is 13.2 Å². The molecule has 0 radical (unpaired) electrons. The molecule has 0 N–H and O–H groups in total. The molecule has 4 bridgehead atoms. The van der Waals surface area contributed by atoms with E-state index in [1.165, 1.54) is 38.5 Å². The highest BCUT2D eigenvalue weighted by Crippen LogP contribution is 2.58. The van der Waals surface area contributed by atoms with Crippen LogP contribution in [0.3, 0.4) is 0 Å². The molecule has 5 rings (SSSR count). The quantitative estimate of drug-likeness (QED) is 0.750. The maximum Gasteiger partial charge on any atom is 0.311 e. The summed E-state index contributed by atoms with van der Waals surface area (Å²) in [5.41, 5.74) is 0.0904. The fourth-order valence-corrected chi connectivity index (χ4v) is 5.98. The number of hydrogen-bond acceptors (Lipinski definition) is 3. The van der Waals surface area contributed by atoms with Gasteiger partial charge in [-0.25, -0.2) is 0 Å². The van der Waals surface area contributed by atoms with Crippen LogP contribution in [0.1, 0.15) is 51.9 Å². The average molecular weight is 291 g/mol. The molecule has 4 heteroatoms. The third-order valence-electron chi connectivity index (χ3n) is 6.32. The molecular weight excluding hydrogens is 266 g/mol. The lowest BCUT2D eigenvalue weighted by Gasteiger charge is -2.59. The van der Waals surface area contributed by atoms with Crippen molar-refractivity contribution in [1.29, 1.82) is 0 Å². The van der Waals surface area contributed by atoms with Crippen molar-refractivity contribution >= 4 is 11.9 Å². The highest BCUT2D eigenvalue weighted by molar-refractivity contribution is 5.87. The van der Waals surface area contributed by atoms with Crippen LogP contribution in [0, 0.1) is 23.7 Å². The normalized spacial score (nSPS) is 44.4. The molecule has 4 nitrogen and oxygen atoms in total. The second-order valence-corrected chi connectivity index (χ2v) is 7.80. The molecule has 1 saturated heterocycles. The first kappa shape index (κ1) is 13.6. The molecule has 4 aliphatic carbocycles. The van der Waals surface area contributed by atoms with Crippen molar-refractivity contribution in [3.63, 3.8) is 0 Å². The Labute approximate surface area is 126 Å². The van der Waals surface area contributed by atoms with Crippen molar-refractivity contribution < 1.29 is 14.3 Å². The molecule has 0 spiro atoms. The van der Waals surface area contributed by atoms with E-state index in [4.69, 9.17) is 4.74 Å². The number of amides is 1.